The van der Waals surface area contributed by atoms with Crippen molar-refractivity contribution in [2.75, 3.05) is 0 Å². The molecule has 0 saturated carbocycles. The SMILES string of the molecule is c1ccc2c(c1)Oc1ccc(-c3ccc4c(c3)c3ccccc3n4-c3cccnc3-n3c4ccccc4c4ccccc43)cc1C21c2cccnc2-c2ncc(-n3c4ccccc4c4ccccc43)cc21. The monoisotopic (exact) mass is 906 g/mol. The Morgan fingerprint density at radius 2 is 0.845 bits per heavy atom. The normalized spacial score (nSPS) is 14.6. The summed E-state index contributed by atoms with van der Waals surface area (Å²) in [5.74, 6) is 2.51. The first kappa shape index (κ1) is 38.4. The number of para-hydroxylation sites is 6. The second kappa shape index (κ2) is 14.2. The number of pyridine rings is 3. The van der Waals surface area contributed by atoms with Gasteiger partial charge in [0.15, 0.2) is 5.82 Å². The van der Waals surface area contributed by atoms with Gasteiger partial charge in [-0.2, -0.15) is 0 Å². The summed E-state index contributed by atoms with van der Waals surface area (Å²) in [6.07, 6.45) is 5.80. The lowest BCUT2D eigenvalue weighted by molar-refractivity contribution is 0.436. The minimum atomic E-state index is -0.787. The lowest BCUT2D eigenvalue weighted by Crippen LogP contribution is -2.32. The molecule has 1 unspecified atom stereocenters. The van der Waals surface area contributed by atoms with Crippen molar-refractivity contribution >= 4 is 65.4 Å². The molecule has 1 aliphatic carbocycles. The fraction of sp³-hybridized carbons (Fsp3) is 0.0156. The molecule has 2 aliphatic rings. The van der Waals surface area contributed by atoms with Crippen molar-refractivity contribution in [3.05, 3.63) is 253 Å². The molecule has 0 N–H and O–H groups in total. The van der Waals surface area contributed by atoms with Crippen LogP contribution < -0.4 is 4.74 Å². The van der Waals surface area contributed by atoms with E-state index < -0.39 is 5.41 Å². The highest BCUT2D eigenvalue weighted by Gasteiger charge is 2.52. The number of ether oxygens (including phenoxy) is 1. The van der Waals surface area contributed by atoms with Crippen LogP contribution in [0.4, 0.5) is 0 Å². The van der Waals surface area contributed by atoms with Gasteiger partial charge in [-0.05, 0) is 102 Å². The number of benzene rings is 8. The van der Waals surface area contributed by atoms with Crippen LogP contribution in [0.2, 0.25) is 0 Å². The van der Waals surface area contributed by atoms with Gasteiger partial charge < -0.3 is 13.9 Å². The van der Waals surface area contributed by atoms with Crippen LogP contribution in [-0.2, 0) is 5.41 Å². The Kier molecular flexibility index (Phi) is 7.69. The van der Waals surface area contributed by atoms with E-state index in [1.807, 2.05) is 24.7 Å². The molecule has 6 aromatic heterocycles. The second-order valence-electron chi connectivity index (χ2n) is 18.7. The summed E-state index contributed by atoms with van der Waals surface area (Å²) < 4.78 is 14.0. The molecule has 8 aromatic carbocycles. The average molecular weight is 907 g/mol. The van der Waals surface area contributed by atoms with Gasteiger partial charge in [0, 0.05) is 61.4 Å². The zero-order valence-corrected chi connectivity index (χ0v) is 38.0. The molecule has 16 rings (SSSR count). The first-order valence-corrected chi connectivity index (χ1v) is 24.1. The summed E-state index contributed by atoms with van der Waals surface area (Å²) >= 11 is 0. The van der Waals surface area contributed by atoms with E-state index in [4.69, 9.17) is 19.7 Å². The van der Waals surface area contributed by atoms with Crippen LogP contribution in [0.1, 0.15) is 22.3 Å². The molecule has 0 amide bonds. The number of hydrogen-bond acceptors (Lipinski definition) is 4. The van der Waals surface area contributed by atoms with Crippen LogP contribution in [0.25, 0.3) is 105 Å². The molecule has 71 heavy (non-hydrogen) atoms. The third kappa shape index (κ3) is 5.08. The Hall–Kier alpha value is -9.59. The summed E-state index contributed by atoms with van der Waals surface area (Å²) in [7, 11) is 0. The van der Waals surface area contributed by atoms with Crippen LogP contribution in [0, 0.1) is 0 Å². The van der Waals surface area contributed by atoms with Crippen LogP contribution in [0.3, 0.4) is 0 Å². The van der Waals surface area contributed by atoms with Gasteiger partial charge in [0.1, 0.15) is 11.5 Å². The van der Waals surface area contributed by atoms with Crippen LogP contribution in [0.15, 0.2) is 231 Å². The Morgan fingerprint density at radius 3 is 1.55 bits per heavy atom. The smallest absolute Gasteiger partial charge is 0.162 e. The number of nitrogens with zero attached hydrogens (tertiary/aromatic N) is 6. The molecule has 0 fully saturated rings. The standard InChI is InChI=1S/C64H38N6O/c1-7-22-52-42(15-1)43-16-2-8-23-53(43)68(52)41-37-51-62(67-38-41)61-49(21-13-33-65-61)64(51)48-20-6-12-28-59(48)71-60-32-30-40(36-50(60)64)39-29-31-57-47(35-39)46-19-5-9-24-54(46)69(57)58-27-14-34-66-63(58)70-55-25-10-3-17-44(55)45-18-4-11-26-56(45)70/h1-38H. The van der Waals surface area contributed by atoms with Crippen LogP contribution in [-0.4, -0.2) is 28.7 Å². The molecule has 1 spiro atoms. The number of fused-ring (bicyclic) bond motifs is 18. The molecular weight excluding hydrogens is 869 g/mol. The van der Waals surface area contributed by atoms with Gasteiger partial charge in [0.05, 0.1) is 67.5 Å². The van der Waals surface area contributed by atoms with E-state index in [9.17, 15) is 0 Å². The molecule has 0 radical (unpaired) electrons. The van der Waals surface area contributed by atoms with E-state index >= 15 is 0 Å². The van der Waals surface area contributed by atoms with Crippen LogP contribution in [0.5, 0.6) is 11.5 Å². The topological polar surface area (TPSA) is 62.7 Å². The van der Waals surface area contributed by atoms with E-state index in [1.54, 1.807) is 0 Å². The van der Waals surface area contributed by atoms with Gasteiger partial charge in [-0.3, -0.25) is 14.5 Å². The Bertz CT molecular complexity index is 4490. The van der Waals surface area contributed by atoms with Crippen LogP contribution >= 0.6 is 0 Å². The average Bonchev–Trinajstić information content (AvgIpc) is 4.15. The van der Waals surface area contributed by atoms with E-state index in [2.05, 4.69) is 220 Å². The van der Waals surface area contributed by atoms with Crippen molar-refractivity contribution in [1.82, 2.24) is 28.7 Å². The third-order valence-electron chi connectivity index (χ3n) is 15.3. The summed E-state index contributed by atoms with van der Waals surface area (Å²) in [5.41, 5.74) is 16.2. The zero-order chi connectivity index (χ0) is 46.4. The fourth-order valence-corrected chi connectivity index (χ4v) is 12.4. The Balaban J connectivity index is 0.914. The summed E-state index contributed by atoms with van der Waals surface area (Å²) in [5, 5.41) is 7.14. The molecule has 7 heterocycles. The molecule has 7 nitrogen and oxygen atoms in total. The highest BCUT2D eigenvalue weighted by molar-refractivity contribution is 6.13. The summed E-state index contributed by atoms with van der Waals surface area (Å²) in [4.78, 5) is 15.6. The molecule has 0 saturated heterocycles. The molecule has 330 valence electrons. The van der Waals surface area contributed by atoms with Gasteiger partial charge in [0.2, 0.25) is 0 Å². The minimum Gasteiger partial charge on any atom is -0.457 e. The maximum atomic E-state index is 6.92. The largest absolute Gasteiger partial charge is 0.457 e. The van der Waals surface area contributed by atoms with E-state index in [0.29, 0.717) is 0 Å². The van der Waals surface area contributed by atoms with Crippen molar-refractivity contribution < 1.29 is 4.74 Å². The van der Waals surface area contributed by atoms with Crippen molar-refractivity contribution in [1.29, 1.82) is 0 Å². The predicted molar refractivity (Wildman–Crippen MR) is 286 cm³/mol. The Labute approximate surface area is 406 Å². The van der Waals surface area contributed by atoms with Crippen molar-refractivity contribution in [2.24, 2.45) is 0 Å². The summed E-state index contributed by atoms with van der Waals surface area (Å²) in [6, 6.07) is 76.2. The molecule has 0 bridgehead atoms. The van der Waals surface area contributed by atoms with Gasteiger partial charge in [-0.15, -0.1) is 0 Å². The highest BCUT2D eigenvalue weighted by Crippen LogP contribution is 2.62. The maximum absolute atomic E-state index is 6.92. The molecule has 1 atom stereocenters. The van der Waals surface area contributed by atoms with Crippen molar-refractivity contribution in [3.8, 4) is 51.2 Å². The van der Waals surface area contributed by atoms with E-state index in [0.717, 1.165) is 112 Å². The predicted octanol–water partition coefficient (Wildman–Crippen LogP) is 15.3. The molecule has 14 aromatic rings. The van der Waals surface area contributed by atoms with Gasteiger partial charge in [-0.1, -0.05) is 127 Å². The lowest BCUT2D eigenvalue weighted by Gasteiger charge is -2.39. The van der Waals surface area contributed by atoms with E-state index in [-0.39, 0.29) is 0 Å². The number of aromatic nitrogens is 6. The molecule has 1 aliphatic heterocycles. The lowest BCUT2D eigenvalue weighted by atomic mass is 9.66. The fourth-order valence-electron chi connectivity index (χ4n) is 12.4. The molecule has 7 heteroatoms. The van der Waals surface area contributed by atoms with Crippen molar-refractivity contribution in [3.63, 3.8) is 0 Å². The molecular formula is C64H38N6O. The number of hydrogen-bond donors (Lipinski definition) is 0. The Morgan fingerprint density at radius 1 is 0.338 bits per heavy atom. The quantitative estimate of drug-likeness (QED) is 0.176. The van der Waals surface area contributed by atoms with Gasteiger partial charge in [-0.25, -0.2) is 4.98 Å². The van der Waals surface area contributed by atoms with Gasteiger partial charge in [0.25, 0.3) is 0 Å². The minimum absolute atomic E-state index is 0.787. The second-order valence-corrected chi connectivity index (χ2v) is 18.7. The summed E-state index contributed by atoms with van der Waals surface area (Å²) in [6.45, 7) is 0. The number of rotatable bonds is 4. The van der Waals surface area contributed by atoms with E-state index in [1.165, 1.54) is 26.9 Å². The zero-order valence-electron chi connectivity index (χ0n) is 38.0. The van der Waals surface area contributed by atoms with Crippen molar-refractivity contribution in [2.45, 2.75) is 5.41 Å². The third-order valence-corrected chi connectivity index (χ3v) is 15.3. The highest BCUT2D eigenvalue weighted by atomic mass is 16.5. The first-order chi connectivity index (χ1) is 35.2. The van der Waals surface area contributed by atoms with Gasteiger partial charge >= 0.3 is 0 Å². The maximum Gasteiger partial charge on any atom is 0.162 e. The first-order valence-electron chi connectivity index (χ1n) is 24.1.